The third-order valence-electron chi connectivity index (χ3n) is 1.70. The molecule has 5 heteroatoms. The SMILES string of the molecule is CCC(N)=NC(=S)Nc1ccc(Br)cc1. The highest BCUT2D eigenvalue weighted by Gasteiger charge is 1.96. The second kappa shape index (κ2) is 5.82. The lowest BCUT2D eigenvalue weighted by molar-refractivity contribution is 1.25. The van der Waals surface area contributed by atoms with E-state index in [0.717, 1.165) is 10.2 Å². The van der Waals surface area contributed by atoms with E-state index in [0.29, 0.717) is 17.4 Å². The van der Waals surface area contributed by atoms with E-state index in [4.69, 9.17) is 18.0 Å². The molecule has 0 aromatic heterocycles. The summed E-state index contributed by atoms with van der Waals surface area (Å²) in [6.07, 6.45) is 0.697. The zero-order valence-electron chi connectivity index (χ0n) is 8.33. The van der Waals surface area contributed by atoms with E-state index >= 15 is 0 Å². The van der Waals surface area contributed by atoms with Crippen molar-refractivity contribution in [1.82, 2.24) is 0 Å². The summed E-state index contributed by atoms with van der Waals surface area (Å²) in [4.78, 5) is 4.02. The number of thiocarbonyl (C=S) groups is 1. The van der Waals surface area contributed by atoms with E-state index < -0.39 is 0 Å². The molecule has 0 spiro atoms. The van der Waals surface area contributed by atoms with Crippen LogP contribution in [0.3, 0.4) is 0 Å². The van der Waals surface area contributed by atoms with E-state index in [-0.39, 0.29) is 0 Å². The summed E-state index contributed by atoms with van der Waals surface area (Å²) >= 11 is 8.38. The topological polar surface area (TPSA) is 50.4 Å². The molecule has 0 unspecified atom stereocenters. The van der Waals surface area contributed by atoms with Gasteiger partial charge < -0.3 is 11.1 Å². The maximum Gasteiger partial charge on any atom is 0.198 e. The third kappa shape index (κ3) is 4.40. The lowest BCUT2D eigenvalue weighted by Gasteiger charge is -2.04. The highest BCUT2D eigenvalue weighted by Crippen LogP contribution is 2.14. The summed E-state index contributed by atoms with van der Waals surface area (Å²) in [5, 5.41) is 3.36. The highest BCUT2D eigenvalue weighted by atomic mass is 79.9. The Balaban J connectivity index is 2.63. The number of halogens is 1. The Morgan fingerprint density at radius 2 is 2.07 bits per heavy atom. The Morgan fingerprint density at radius 1 is 1.47 bits per heavy atom. The van der Waals surface area contributed by atoms with Gasteiger partial charge in [-0.05, 0) is 36.5 Å². The van der Waals surface area contributed by atoms with Gasteiger partial charge in [-0.3, -0.25) is 0 Å². The van der Waals surface area contributed by atoms with Gasteiger partial charge in [-0.15, -0.1) is 0 Å². The zero-order chi connectivity index (χ0) is 11.3. The Morgan fingerprint density at radius 3 is 2.60 bits per heavy atom. The number of amidine groups is 1. The molecule has 0 amide bonds. The predicted molar refractivity (Wildman–Crippen MR) is 72.3 cm³/mol. The maximum absolute atomic E-state index is 5.57. The highest BCUT2D eigenvalue weighted by molar-refractivity contribution is 9.10. The van der Waals surface area contributed by atoms with Gasteiger partial charge in [0.25, 0.3) is 0 Å². The van der Waals surface area contributed by atoms with Crippen LogP contribution >= 0.6 is 28.1 Å². The number of anilines is 1. The van der Waals surface area contributed by atoms with Gasteiger partial charge in [0.1, 0.15) is 5.84 Å². The molecule has 0 fully saturated rings. The van der Waals surface area contributed by atoms with Crippen LogP contribution in [-0.4, -0.2) is 10.9 Å². The van der Waals surface area contributed by atoms with Crippen LogP contribution < -0.4 is 11.1 Å². The van der Waals surface area contributed by atoms with Crippen LogP contribution in [0, 0.1) is 0 Å². The smallest absolute Gasteiger partial charge is 0.198 e. The minimum Gasteiger partial charge on any atom is -0.387 e. The minimum atomic E-state index is 0.386. The average molecular weight is 286 g/mol. The van der Waals surface area contributed by atoms with Crippen molar-refractivity contribution in [3.05, 3.63) is 28.7 Å². The van der Waals surface area contributed by atoms with Gasteiger partial charge >= 0.3 is 0 Å². The molecule has 0 atom stereocenters. The molecule has 80 valence electrons. The van der Waals surface area contributed by atoms with Gasteiger partial charge in [0, 0.05) is 16.6 Å². The monoisotopic (exact) mass is 285 g/mol. The number of benzene rings is 1. The van der Waals surface area contributed by atoms with Crippen LogP contribution in [0.5, 0.6) is 0 Å². The summed E-state index contributed by atoms with van der Waals surface area (Å²) in [7, 11) is 0. The predicted octanol–water partition coefficient (Wildman–Crippen LogP) is 2.91. The summed E-state index contributed by atoms with van der Waals surface area (Å²) in [5.74, 6) is 0.532. The van der Waals surface area contributed by atoms with Crippen molar-refractivity contribution in [1.29, 1.82) is 0 Å². The van der Waals surface area contributed by atoms with E-state index in [1.165, 1.54) is 0 Å². The van der Waals surface area contributed by atoms with Crippen LogP contribution in [-0.2, 0) is 0 Å². The number of aliphatic imine (C=N–C) groups is 1. The first kappa shape index (κ1) is 12.1. The van der Waals surface area contributed by atoms with E-state index in [1.54, 1.807) is 0 Å². The van der Waals surface area contributed by atoms with Crippen molar-refractivity contribution < 1.29 is 0 Å². The van der Waals surface area contributed by atoms with E-state index in [1.807, 2.05) is 31.2 Å². The van der Waals surface area contributed by atoms with Gasteiger partial charge in [0.15, 0.2) is 5.11 Å². The van der Waals surface area contributed by atoms with Gasteiger partial charge in [-0.1, -0.05) is 22.9 Å². The maximum atomic E-state index is 5.57. The normalized spacial score (nSPS) is 11.2. The Labute approximate surface area is 103 Å². The molecule has 3 nitrogen and oxygen atoms in total. The first-order valence-corrected chi connectivity index (χ1v) is 5.71. The molecule has 0 radical (unpaired) electrons. The molecule has 3 N–H and O–H groups in total. The third-order valence-corrected chi connectivity index (χ3v) is 2.42. The molecule has 15 heavy (non-hydrogen) atoms. The number of hydrogen-bond acceptors (Lipinski definition) is 1. The number of nitrogens with zero attached hydrogens (tertiary/aromatic N) is 1. The lowest BCUT2D eigenvalue weighted by atomic mass is 10.3. The molecule has 1 aromatic rings. The van der Waals surface area contributed by atoms with Crippen molar-refractivity contribution in [2.45, 2.75) is 13.3 Å². The molecule has 1 rings (SSSR count). The van der Waals surface area contributed by atoms with Crippen LogP contribution in [0.1, 0.15) is 13.3 Å². The summed E-state index contributed by atoms with van der Waals surface area (Å²) in [6, 6.07) is 7.68. The molecular formula is C10H12BrN3S. The van der Waals surface area contributed by atoms with Crippen LogP contribution in [0.25, 0.3) is 0 Å². The summed E-state index contributed by atoms with van der Waals surface area (Å²) in [6.45, 7) is 1.93. The van der Waals surface area contributed by atoms with E-state index in [9.17, 15) is 0 Å². The lowest BCUT2D eigenvalue weighted by Crippen LogP contribution is -2.15. The molecule has 0 saturated carbocycles. The van der Waals surface area contributed by atoms with Crippen molar-refractivity contribution in [3.63, 3.8) is 0 Å². The Bertz CT molecular complexity index is 373. The van der Waals surface area contributed by atoms with Crippen molar-refractivity contribution in [2.75, 3.05) is 5.32 Å². The molecule has 0 aliphatic carbocycles. The zero-order valence-corrected chi connectivity index (χ0v) is 10.7. The standard InChI is InChI=1S/C10H12BrN3S/c1-2-9(12)14-10(15)13-8-5-3-7(11)4-6-8/h3-6H,2H2,1H3,(H3,12,13,14,15). The fraction of sp³-hybridized carbons (Fsp3) is 0.200. The second-order valence-corrected chi connectivity index (χ2v) is 4.20. The van der Waals surface area contributed by atoms with Crippen LogP contribution in [0.4, 0.5) is 5.69 Å². The number of hydrogen-bond donors (Lipinski definition) is 2. The Hall–Kier alpha value is -0.940. The fourth-order valence-electron chi connectivity index (χ4n) is 0.894. The molecular weight excluding hydrogens is 274 g/mol. The fourth-order valence-corrected chi connectivity index (χ4v) is 1.39. The quantitative estimate of drug-likeness (QED) is 0.499. The summed E-state index contributed by atoms with van der Waals surface area (Å²) in [5.41, 5.74) is 6.47. The Kier molecular flexibility index (Phi) is 4.71. The minimum absolute atomic E-state index is 0.386. The molecule has 0 saturated heterocycles. The van der Waals surface area contributed by atoms with Gasteiger partial charge in [0.05, 0.1) is 0 Å². The number of nitrogens with one attached hydrogen (secondary N) is 1. The largest absolute Gasteiger partial charge is 0.387 e. The van der Waals surface area contributed by atoms with Crippen molar-refractivity contribution >= 4 is 44.8 Å². The molecule has 1 aromatic carbocycles. The first-order chi connectivity index (χ1) is 7.11. The van der Waals surface area contributed by atoms with Crippen LogP contribution in [0.2, 0.25) is 0 Å². The van der Waals surface area contributed by atoms with E-state index in [2.05, 4.69) is 26.2 Å². The van der Waals surface area contributed by atoms with Gasteiger partial charge in [-0.25, -0.2) is 4.99 Å². The molecule has 0 bridgehead atoms. The summed E-state index contributed by atoms with van der Waals surface area (Å²) < 4.78 is 1.02. The van der Waals surface area contributed by atoms with Gasteiger partial charge in [-0.2, -0.15) is 0 Å². The molecule has 0 heterocycles. The average Bonchev–Trinajstić information content (AvgIpc) is 2.21. The van der Waals surface area contributed by atoms with Crippen molar-refractivity contribution in [2.24, 2.45) is 10.7 Å². The molecule has 0 aliphatic heterocycles. The van der Waals surface area contributed by atoms with Crippen molar-refractivity contribution in [3.8, 4) is 0 Å². The number of nitrogens with two attached hydrogens (primary N) is 1. The molecule has 0 aliphatic rings. The first-order valence-electron chi connectivity index (χ1n) is 4.51. The second-order valence-electron chi connectivity index (χ2n) is 2.89. The van der Waals surface area contributed by atoms with Crippen LogP contribution in [0.15, 0.2) is 33.7 Å². The number of rotatable bonds is 2. The van der Waals surface area contributed by atoms with Gasteiger partial charge in [0.2, 0.25) is 0 Å².